The Balaban J connectivity index is 6.31. The van der Waals surface area contributed by atoms with Crippen LogP contribution in [0.1, 0.15) is 54.4 Å². The van der Waals surface area contributed by atoms with Gasteiger partial charge in [-0.2, -0.15) is 0 Å². The molecule has 12 nitrogen and oxygen atoms in total. The summed E-state index contributed by atoms with van der Waals surface area (Å²) in [7, 11) is 0. The lowest BCUT2D eigenvalue weighted by Gasteiger charge is -2.34. The highest BCUT2D eigenvalue weighted by molar-refractivity contribution is 5.84. The van der Waals surface area contributed by atoms with Crippen LogP contribution < -0.4 is 5.32 Å². The van der Waals surface area contributed by atoms with Crippen LogP contribution in [0.4, 0.5) is 0 Å². The molecule has 4 atom stereocenters. The molecule has 0 heterocycles. The van der Waals surface area contributed by atoms with Gasteiger partial charge < -0.3 is 29.0 Å². The maximum atomic E-state index is 12.8. The van der Waals surface area contributed by atoms with Gasteiger partial charge in [-0.3, -0.25) is 28.8 Å². The largest absolute Gasteiger partial charge is 0.462 e. The third-order valence-electron chi connectivity index (χ3n) is 3.74. The van der Waals surface area contributed by atoms with Crippen LogP contribution in [0.3, 0.4) is 0 Å². The van der Waals surface area contributed by atoms with Gasteiger partial charge in [0.25, 0.3) is 5.91 Å². The molecule has 0 aromatic rings. The van der Waals surface area contributed by atoms with Gasteiger partial charge in [0, 0.05) is 41.2 Å². The molecule has 0 saturated carbocycles. The van der Waals surface area contributed by atoms with E-state index in [1.165, 1.54) is 0 Å². The highest BCUT2D eigenvalue weighted by Gasteiger charge is 2.46. The van der Waals surface area contributed by atoms with E-state index in [9.17, 15) is 28.8 Å². The van der Waals surface area contributed by atoms with Crippen molar-refractivity contribution in [2.24, 2.45) is 0 Å². The number of carbonyl (C=O) groups excluding carboxylic acids is 6. The number of hydrogen-bond donors (Lipinski definition) is 1. The van der Waals surface area contributed by atoms with Crippen molar-refractivity contribution in [1.29, 1.82) is 0 Å². The molecule has 1 N–H and O–H groups in total. The van der Waals surface area contributed by atoms with Gasteiger partial charge in [0.15, 0.2) is 18.3 Å². The number of amides is 1. The third kappa shape index (κ3) is 11.9. The van der Waals surface area contributed by atoms with Gasteiger partial charge >= 0.3 is 29.8 Å². The van der Waals surface area contributed by atoms with Crippen LogP contribution >= 0.6 is 0 Å². The van der Waals surface area contributed by atoms with Crippen LogP contribution in [0.15, 0.2) is 0 Å². The Morgan fingerprint density at radius 3 is 1.62 bits per heavy atom. The number of nitrogens with one attached hydrogen (secondary N) is 1. The van der Waals surface area contributed by atoms with E-state index in [4.69, 9.17) is 23.7 Å². The summed E-state index contributed by atoms with van der Waals surface area (Å²) in [6.07, 6.45) is -5.23. The van der Waals surface area contributed by atoms with Crippen molar-refractivity contribution in [3.8, 4) is 0 Å². The topological polar surface area (TPSA) is 161 Å². The van der Waals surface area contributed by atoms with Gasteiger partial charge in [0.2, 0.25) is 6.10 Å². The van der Waals surface area contributed by atoms with E-state index < -0.39 is 66.8 Å². The van der Waals surface area contributed by atoms with Crippen LogP contribution in [0, 0.1) is 0 Å². The Hall–Kier alpha value is -3.18. The van der Waals surface area contributed by atoms with E-state index in [2.05, 4.69) is 5.32 Å². The Labute approximate surface area is 186 Å². The fourth-order valence-electron chi connectivity index (χ4n) is 2.59. The third-order valence-corrected chi connectivity index (χ3v) is 3.74. The smallest absolute Gasteiger partial charge is 0.303 e. The zero-order chi connectivity index (χ0) is 24.8. The predicted molar refractivity (Wildman–Crippen MR) is 107 cm³/mol. The Morgan fingerprint density at radius 2 is 1.19 bits per heavy atom. The first-order valence-corrected chi connectivity index (χ1v) is 9.98. The quantitative estimate of drug-likeness (QED) is 0.226. The second-order valence-electron chi connectivity index (χ2n) is 6.77. The van der Waals surface area contributed by atoms with Crippen LogP contribution in [0.5, 0.6) is 0 Å². The summed E-state index contributed by atoms with van der Waals surface area (Å²) in [5.74, 6) is -5.08. The normalized spacial score (nSPS) is 14.1. The number of unbranched alkanes of at least 4 members (excludes halogenated alkanes) is 1. The molecule has 0 aliphatic rings. The van der Waals surface area contributed by atoms with Gasteiger partial charge in [-0.15, -0.1) is 0 Å². The molecule has 0 fully saturated rings. The van der Waals surface area contributed by atoms with Crippen molar-refractivity contribution in [3.63, 3.8) is 0 Å². The van der Waals surface area contributed by atoms with Crippen molar-refractivity contribution in [3.05, 3.63) is 0 Å². The van der Waals surface area contributed by atoms with Gasteiger partial charge in [0.05, 0.1) is 0 Å². The Bertz CT molecular complexity index is 691. The summed E-state index contributed by atoms with van der Waals surface area (Å²) in [5.41, 5.74) is 0. The molecule has 32 heavy (non-hydrogen) atoms. The van der Waals surface area contributed by atoms with Gasteiger partial charge in [0.1, 0.15) is 6.61 Å². The summed E-state index contributed by atoms with van der Waals surface area (Å²) in [5, 5.41) is 2.54. The van der Waals surface area contributed by atoms with E-state index in [-0.39, 0.29) is 6.54 Å². The molecular weight excluding hydrogens is 430 g/mol. The molecular formula is C20H31NO11. The number of carbonyl (C=O) groups is 6. The molecule has 0 rings (SSSR count). The molecule has 0 aliphatic heterocycles. The fourth-order valence-corrected chi connectivity index (χ4v) is 2.59. The predicted octanol–water partition coefficient (Wildman–Crippen LogP) is 0.193. The molecule has 0 radical (unpaired) electrons. The lowest BCUT2D eigenvalue weighted by Crippen LogP contribution is -2.57. The molecule has 0 spiro atoms. The lowest BCUT2D eigenvalue weighted by molar-refractivity contribution is -0.203. The monoisotopic (exact) mass is 461 g/mol. The second kappa shape index (κ2) is 14.8. The zero-order valence-electron chi connectivity index (χ0n) is 19.1. The minimum Gasteiger partial charge on any atom is -0.462 e. The first-order chi connectivity index (χ1) is 14.9. The van der Waals surface area contributed by atoms with Crippen LogP contribution in [-0.4, -0.2) is 73.3 Å². The molecule has 0 saturated heterocycles. The van der Waals surface area contributed by atoms with E-state index in [0.717, 1.165) is 41.0 Å². The second-order valence-corrected chi connectivity index (χ2v) is 6.77. The standard InChI is InChI=1S/C20H31NO11/c1-7-8-9-21-20(27)19(32-15(6)26)18(31-14(5)25)17(30-13(4)24)16(29-12(3)23)10-28-11(2)22/h16-19H,7-10H2,1-6H3,(H,21,27). The number of hydrogen-bond acceptors (Lipinski definition) is 11. The van der Waals surface area contributed by atoms with E-state index in [1.807, 2.05) is 6.92 Å². The highest BCUT2D eigenvalue weighted by atomic mass is 16.6. The maximum absolute atomic E-state index is 12.8. The highest BCUT2D eigenvalue weighted by Crippen LogP contribution is 2.20. The molecule has 0 aromatic carbocycles. The SMILES string of the molecule is CCCCNC(=O)C(OC(C)=O)C(OC(C)=O)C(OC(C)=O)C(COC(C)=O)OC(C)=O. The molecule has 1 amide bonds. The molecule has 0 aliphatic carbocycles. The molecule has 0 bridgehead atoms. The van der Waals surface area contributed by atoms with Gasteiger partial charge in [-0.1, -0.05) is 13.3 Å². The van der Waals surface area contributed by atoms with Crippen molar-refractivity contribution >= 4 is 35.8 Å². The molecule has 182 valence electrons. The van der Waals surface area contributed by atoms with E-state index in [0.29, 0.717) is 6.42 Å². The zero-order valence-corrected chi connectivity index (χ0v) is 19.1. The average molecular weight is 461 g/mol. The van der Waals surface area contributed by atoms with Crippen molar-refractivity contribution < 1.29 is 52.5 Å². The number of ether oxygens (including phenoxy) is 5. The first kappa shape index (κ1) is 28.8. The summed E-state index contributed by atoms with van der Waals surface area (Å²) >= 11 is 0. The minimum atomic E-state index is -1.76. The molecule has 4 unspecified atom stereocenters. The summed E-state index contributed by atoms with van der Waals surface area (Å²) < 4.78 is 25.4. The maximum Gasteiger partial charge on any atom is 0.303 e. The van der Waals surface area contributed by atoms with Crippen LogP contribution in [0.25, 0.3) is 0 Å². The average Bonchev–Trinajstić information content (AvgIpc) is 2.65. The first-order valence-electron chi connectivity index (χ1n) is 9.98. The summed E-state index contributed by atoms with van der Waals surface area (Å²) in [6, 6.07) is 0. The lowest BCUT2D eigenvalue weighted by atomic mass is 10.0. The van der Waals surface area contributed by atoms with Crippen LogP contribution in [0.2, 0.25) is 0 Å². The molecule has 0 aromatic heterocycles. The van der Waals surface area contributed by atoms with E-state index >= 15 is 0 Å². The van der Waals surface area contributed by atoms with Crippen LogP contribution in [-0.2, 0) is 52.5 Å². The van der Waals surface area contributed by atoms with Crippen molar-refractivity contribution in [2.75, 3.05) is 13.2 Å². The molecule has 12 heteroatoms. The Kier molecular flexibility index (Phi) is 13.3. The van der Waals surface area contributed by atoms with E-state index in [1.54, 1.807) is 0 Å². The summed E-state index contributed by atoms with van der Waals surface area (Å²) in [4.78, 5) is 70.9. The summed E-state index contributed by atoms with van der Waals surface area (Å²) in [6.45, 7) is 6.76. The van der Waals surface area contributed by atoms with Gasteiger partial charge in [-0.05, 0) is 6.42 Å². The Morgan fingerprint density at radius 1 is 0.688 bits per heavy atom. The number of rotatable bonds is 13. The van der Waals surface area contributed by atoms with Gasteiger partial charge in [-0.25, -0.2) is 0 Å². The fraction of sp³-hybridized carbons (Fsp3) is 0.700. The van der Waals surface area contributed by atoms with Crippen molar-refractivity contribution in [2.45, 2.75) is 78.8 Å². The van der Waals surface area contributed by atoms with Crippen molar-refractivity contribution in [1.82, 2.24) is 5.32 Å². The minimum absolute atomic E-state index is 0.235. The number of esters is 5.